The Morgan fingerprint density at radius 3 is 2.80 bits per heavy atom. The van der Waals surface area contributed by atoms with Crippen LogP contribution in [0.4, 0.5) is 8.78 Å². The number of halogens is 2. The molecule has 1 aromatic carbocycles. The van der Waals surface area contributed by atoms with Gasteiger partial charge in [-0.3, -0.25) is 0 Å². The average molecular weight is 217 g/mol. The van der Waals surface area contributed by atoms with Crippen molar-refractivity contribution in [3.05, 3.63) is 35.4 Å². The molecule has 0 saturated carbocycles. The van der Waals surface area contributed by atoms with Gasteiger partial charge in [-0.25, -0.2) is 8.78 Å². The van der Waals surface area contributed by atoms with E-state index in [9.17, 15) is 13.9 Å². The van der Waals surface area contributed by atoms with Gasteiger partial charge in [-0.15, -0.1) is 0 Å². The van der Waals surface area contributed by atoms with E-state index >= 15 is 0 Å². The fourth-order valence-electron chi connectivity index (χ4n) is 1.12. The van der Waals surface area contributed by atoms with Crippen LogP contribution in [0.15, 0.2) is 18.2 Å². The number of aliphatic hydroxyl groups excluding tert-OH is 1. The summed E-state index contributed by atoms with van der Waals surface area (Å²) in [4.78, 5) is 4.78. The first kappa shape index (κ1) is 12.0. The van der Waals surface area contributed by atoms with Gasteiger partial charge >= 0.3 is 0 Å². The third-order valence-corrected chi connectivity index (χ3v) is 1.84. The van der Waals surface area contributed by atoms with Gasteiger partial charge in [-0.05, 0) is 13.0 Å². The predicted molar refractivity (Wildman–Crippen MR) is 50.9 cm³/mol. The molecule has 3 nitrogen and oxygen atoms in total. The van der Waals surface area contributed by atoms with Gasteiger partial charge in [-0.1, -0.05) is 6.07 Å². The molecule has 1 rings (SSSR count). The van der Waals surface area contributed by atoms with Crippen molar-refractivity contribution >= 4 is 0 Å². The van der Waals surface area contributed by atoms with E-state index in [2.05, 4.69) is 5.48 Å². The van der Waals surface area contributed by atoms with Crippen LogP contribution >= 0.6 is 0 Å². The highest BCUT2D eigenvalue weighted by molar-refractivity contribution is 5.20. The van der Waals surface area contributed by atoms with Crippen molar-refractivity contribution in [2.45, 2.75) is 13.0 Å². The number of hydrogen-bond donors (Lipinski definition) is 2. The fraction of sp³-hybridized carbons (Fsp3) is 0.400. The third-order valence-electron chi connectivity index (χ3n) is 1.84. The van der Waals surface area contributed by atoms with Crippen LogP contribution in [-0.4, -0.2) is 18.3 Å². The Hall–Kier alpha value is -1.04. The molecule has 1 aromatic rings. The van der Waals surface area contributed by atoms with Crippen molar-refractivity contribution in [1.29, 1.82) is 0 Å². The molecule has 0 aromatic heterocycles. The van der Waals surface area contributed by atoms with E-state index in [4.69, 9.17) is 4.84 Å². The Balaban J connectivity index is 2.61. The van der Waals surface area contributed by atoms with Crippen LogP contribution in [0.5, 0.6) is 0 Å². The van der Waals surface area contributed by atoms with Crippen LogP contribution in [0.3, 0.4) is 0 Å². The molecule has 0 saturated heterocycles. The Morgan fingerprint density at radius 2 is 2.20 bits per heavy atom. The van der Waals surface area contributed by atoms with Crippen molar-refractivity contribution in [3.8, 4) is 0 Å². The molecule has 0 radical (unpaired) electrons. The van der Waals surface area contributed by atoms with Gasteiger partial charge in [0.05, 0.1) is 19.3 Å². The van der Waals surface area contributed by atoms with Gasteiger partial charge in [0, 0.05) is 11.6 Å². The molecule has 0 bridgehead atoms. The fourth-order valence-corrected chi connectivity index (χ4v) is 1.12. The number of hydroxylamine groups is 1. The molecule has 5 heteroatoms. The van der Waals surface area contributed by atoms with E-state index in [1.54, 1.807) is 6.92 Å². The molecule has 0 aliphatic carbocycles. The lowest BCUT2D eigenvalue weighted by molar-refractivity contribution is 0.0201. The maximum atomic E-state index is 13.1. The van der Waals surface area contributed by atoms with Crippen LogP contribution in [-0.2, 0) is 4.84 Å². The summed E-state index contributed by atoms with van der Waals surface area (Å²) in [5, 5.41) is 9.51. The molecule has 0 aliphatic rings. The highest BCUT2D eigenvalue weighted by Gasteiger charge is 2.12. The lowest BCUT2D eigenvalue weighted by Gasteiger charge is -2.12. The van der Waals surface area contributed by atoms with Crippen molar-refractivity contribution < 1.29 is 18.7 Å². The molecule has 0 aliphatic heterocycles. The number of hydrogen-bond acceptors (Lipinski definition) is 3. The van der Waals surface area contributed by atoms with Crippen molar-refractivity contribution in [2.75, 3.05) is 13.2 Å². The van der Waals surface area contributed by atoms with Crippen molar-refractivity contribution in [1.82, 2.24) is 5.48 Å². The van der Waals surface area contributed by atoms with Gasteiger partial charge in [0.15, 0.2) is 0 Å². The minimum atomic E-state index is -1.06. The van der Waals surface area contributed by atoms with Crippen molar-refractivity contribution in [2.24, 2.45) is 0 Å². The number of aliphatic hydroxyl groups is 1. The number of rotatable bonds is 5. The molecule has 0 heterocycles. The Labute approximate surface area is 86.6 Å². The van der Waals surface area contributed by atoms with Gasteiger partial charge in [0.2, 0.25) is 0 Å². The molecule has 84 valence electrons. The van der Waals surface area contributed by atoms with Crippen LogP contribution in [0.1, 0.15) is 18.6 Å². The summed E-state index contributed by atoms with van der Waals surface area (Å²) >= 11 is 0. The minimum Gasteiger partial charge on any atom is -0.387 e. The molecule has 2 N–H and O–H groups in total. The monoisotopic (exact) mass is 217 g/mol. The number of nitrogens with one attached hydrogen (secondary N) is 1. The molecule has 0 amide bonds. The zero-order valence-electron chi connectivity index (χ0n) is 8.34. The minimum absolute atomic E-state index is 0.0450. The van der Waals surface area contributed by atoms with Crippen molar-refractivity contribution in [3.63, 3.8) is 0 Å². The second-order valence-corrected chi connectivity index (χ2v) is 2.96. The van der Waals surface area contributed by atoms with Crippen LogP contribution in [0.2, 0.25) is 0 Å². The highest BCUT2D eigenvalue weighted by atomic mass is 19.1. The molecule has 0 fully saturated rings. The first-order chi connectivity index (χ1) is 7.15. The highest BCUT2D eigenvalue weighted by Crippen LogP contribution is 2.17. The quantitative estimate of drug-likeness (QED) is 0.580. The smallest absolute Gasteiger partial charge is 0.131 e. The van der Waals surface area contributed by atoms with E-state index in [0.29, 0.717) is 6.61 Å². The first-order valence-electron chi connectivity index (χ1n) is 4.62. The summed E-state index contributed by atoms with van der Waals surface area (Å²) in [6, 6.07) is 3.05. The summed E-state index contributed by atoms with van der Waals surface area (Å²) in [6.45, 7) is 2.27. The first-order valence-corrected chi connectivity index (χ1v) is 4.62. The summed E-state index contributed by atoms with van der Waals surface area (Å²) in [6.07, 6.45) is -1.06. The Morgan fingerprint density at radius 1 is 1.47 bits per heavy atom. The van der Waals surface area contributed by atoms with Crippen LogP contribution < -0.4 is 5.48 Å². The lowest BCUT2D eigenvalue weighted by Crippen LogP contribution is -2.22. The van der Waals surface area contributed by atoms with E-state index < -0.39 is 17.7 Å². The SMILES string of the molecule is CCONCC(O)c1ccc(F)cc1F. The molecule has 0 spiro atoms. The summed E-state index contributed by atoms with van der Waals surface area (Å²) in [7, 11) is 0. The van der Waals surface area contributed by atoms with Gasteiger partial charge in [-0.2, -0.15) is 5.48 Å². The molecular weight excluding hydrogens is 204 g/mol. The molecular formula is C10H13F2NO2. The lowest BCUT2D eigenvalue weighted by atomic mass is 10.1. The summed E-state index contributed by atoms with van der Waals surface area (Å²) in [5.74, 6) is -1.43. The summed E-state index contributed by atoms with van der Waals surface area (Å²) in [5.41, 5.74) is 2.51. The molecule has 1 atom stereocenters. The number of benzene rings is 1. The second kappa shape index (κ2) is 5.75. The van der Waals surface area contributed by atoms with Gasteiger partial charge < -0.3 is 9.94 Å². The van der Waals surface area contributed by atoms with Crippen LogP contribution in [0, 0.1) is 11.6 Å². The maximum Gasteiger partial charge on any atom is 0.131 e. The average Bonchev–Trinajstić information content (AvgIpc) is 2.17. The Kier molecular flexibility index (Phi) is 4.61. The second-order valence-electron chi connectivity index (χ2n) is 2.96. The Bertz CT molecular complexity index is 320. The largest absolute Gasteiger partial charge is 0.387 e. The predicted octanol–water partition coefficient (Wildman–Crippen LogP) is 1.54. The normalized spacial score (nSPS) is 12.8. The maximum absolute atomic E-state index is 13.1. The zero-order valence-corrected chi connectivity index (χ0v) is 8.34. The van der Waals surface area contributed by atoms with Gasteiger partial charge in [0.1, 0.15) is 11.6 Å². The zero-order chi connectivity index (χ0) is 11.3. The molecule has 1 unspecified atom stereocenters. The van der Waals surface area contributed by atoms with E-state index in [1.807, 2.05) is 0 Å². The third kappa shape index (κ3) is 3.54. The van der Waals surface area contributed by atoms with E-state index in [0.717, 1.165) is 12.1 Å². The topological polar surface area (TPSA) is 41.5 Å². The van der Waals surface area contributed by atoms with Gasteiger partial charge in [0.25, 0.3) is 0 Å². The van der Waals surface area contributed by atoms with Crippen LogP contribution in [0.25, 0.3) is 0 Å². The summed E-state index contributed by atoms with van der Waals surface area (Å²) < 4.78 is 25.7. The standard InChI is InChI=1S/C10H13F2NO2/c1-2-15-13-6-10(14)8-4-3-7(11)5-9(8)12/h3-5,10,13-14H,2,6H2,1H3. The van der Waals surface area contributed by atoms with E-state index in [1.165, 1.54) is 6.07 Å². The van der Waals surface area contributed by atoms with E-state index in [-0.39, 0.29) is 12.1 Å². The molecule has 15 heavy (non-hydrogen) atoms.